The highest BCUT2D eigenvalue weighted by Crippen LogP contribution is 2.33. The van der Waals surface area contributed by atoms with E-state index in [1.807, 2.05) is 11.7 Å². The largest absolute Gasteiger partial charge is 0.481 e. The molecular weight excluding hydrogens is 278 g/mol. The van der Waals surface area contributed by atoms with E-state index in [1.54, 1.807) is 13.2 Å². The molecule has 0 unspecified atom stereocenters. The maximum atomic E-state index is 5.12. The third-order valence-corrected chi connectivity index (χ3v) is 4.24. The molecule has 0 bridgehead atoms. The number of rotatable bonds is 5. The fourth-order valence-electron chi connectivity index (χ4n) is 3.14. The van der Waals surface area contributed by atoms with Gasteiger partial charge in [-0.05, 0) is 12.8 Å². The fourth-order valence-corrected chi connectivity index (χ4v) is 3.14. The van der Waals surface area contributed by atoms with Crippen LogP contribution in [0, 0.1) is 0 Å². The molecule has 0 atom stereocenters. The Labute approximate surface area is 130 Å². The minimum Gasteiger partial charge on any atom is -0.481 e. The van der Waals surface area contributed by atoms with Gasteiger partial charge in [0, 0.05) is 37.3 Å². The molecule has 0 spiro atoms. The molecule has 6 nitrogen and oxygen atoms in total. The first kappa shape index (κ1) is 14.8. The van der Waals surface area contributed by atoms with Crippen LogP contribution in [0.2, 0.25) is 0 Å². The van der Waals surface area contributed by atoms with Crippen LogP contribution in [0.3, 0.4) is 0 Å². The first-order chi connectivity index (χ1) is 10.8. The van der Waals surface area contributed by atoms with Crippen LogP contribution in [-0.2, 0) is 13.6 Å². The lowest BCUT2D eigenvalue weighted by molar-refractivity contribution is 0.397. The zero-order valence-electron chi connectivity index (χ0n) is 13.2. The van der Waals surface area contributed by atoms with Crippen molar-refractivity contribution in [2.75, 3.05) is 12.4 Å². The van der Waals surface area contributed by atoms with Gasteiger partial charge in [-0.2, -0.15) is 5.10 Å². The smallest absolute Gasteiger partial charge is 0.218 e. The highest BCUT2D eigenvalue weighted by Gasteiger charge is 2.21. The molecule has 2 aromatic rings. The van der Waals surface area contributed by atoms with Crippen LogP contribution < -0.4 is 10.1 Å². The Morgan fingerprint density at radius 3 is 2.86 bits per heavy atom. The SMILES string of the molecule is COc1cc(NCc2cn(C)nc2C2CCCCC2)ncn1. The van der Waals surface area contributed by atoms with Gasteiger partial charge in [0.05, 0.1) is 12.8 Å². The molecule has 1 saturated carbocycles. The summed E-state index contributed by atoms with van der Waals surface area (Å²) in [5, 5.41) is 8.04. The number of aryl methyl sites for hydroxylation is 1. The van der Waals surface area contributed by atoms with Gasteiger partial charge in [-0.15, -0.1) is 0 Å². The standard InChI is InChI=1S/C16H23N5O/c1-21-10-13(16(20-21)12-6-4-3-5-7-12)9-17-14-8-15(22-2)19-11-18-14/h8,10-12H,3-7,9H2,1-2H3,(H,17,18,19). The predicted octanol–water partition coefficient (Wildman–Crippen LogP) is 2.88. The van der Waals surface area contributed by atoms with Gasteiger partial charge in [0.2, 0.25) is 5.88 Å². The van der Waals surface area contributed by atoms with Gasteiger partial charge in [-0.1, -0.05) is 19.3 Å². The van der Waals surface area contributed by atoms with E-state index in [-0.39, 0.29) is 0 Å². The first-order valence-corrected chi connectivity index (χ1v) is 7.88. The van der Waals surface area contributed by atoms with Gasteiger partial charge >= 0.3 is 0 Å². The third-order valence-electron chi connectivity index (χ3n) is 4.24. The average Bonchev–Trinajstić information content (AvgIpc) is 2.95. The monoisotopic (exact) mass is 301 g/mol. The van der Waals surface area contributed by atoms with Crippen LogP contribution in [0.25, 0.3) is 0 Å². The van der Waals surface area contributed by atoms with Crippen LogP contribution >= 0.6 is 0 Å². The number of anilines is 1. The summed E-state index contributed by atoms with van der Waals surface area (Å²) in [6.07, 6.45) is 10.1. The summed E-state index contributed by atoms with van der Waals surface area (Å²) >= 11 is 0. The Morgan fingerprint density at radius 1 is 1.27 bits per heavy atom. The second-order valence-electron chi connectivity index (χ2n) is 5.85. The number of hydrogen-bond donors (Lipinski definition) is 1. The summed E-state index contributed by atoms with van der Waals surface area (Å²) in [6.45, 7) is 0.722. The van der Waals surface area contributed by atoms with Gasteiger partial charge in [0.25, 0.3) is 0 Å². The van der Waals surface area contributed by atoms with Crippen LogP contribution in [0.15, 0.2) is 18.6 Å². The maximum absolute atomic E-state index is 5.12. The number of hydrogen-bond acceptors (Lipinski definition) is 5. The molecule has 1 fully saturated rings. The van der Waals surface area contributed by atoms with E-state index >= 15 is 0 Å². The van der Waals surface area contributed by atoms with E-state index in [0.717, 1.165) is 12.4 Å². The summed E-state index contributed by atoms with van der Waals surface area (Å²) < 4.78 is 7.04. The summed E-state index contributed by atoms with van der Waals surface area (Å²) in [7, 11) is 3.60. The Hall–Kier alpha value is -2.11. The molecule has 0 saturated heterocycles. The van der Waals surface area contributed by atoms with Crippen molar-refractivity contribution in [2.24, 2.45) is 7.05 Å². The normalized spacial score (nSPS) is 15.7. The van der Waals surface area contributed by atoms with Crippen molar-refractivity contribution in [3.8, 4) is 5.88 Å². The number of methoxy groups -OCH3 is 1. The molecule has 2 aromatic heterocycles. The van der Waals surface area contributed by atoms with Crippen molar-refractivity contribution in [1.29, 1.82) is 0 Å². The second kappa shape index (κ2) is 6.77. The van der Waals surface area contributed by atoms with E-state index in [9.17, 15) is 0 Å². The highest BCUT2D eigenvalue weighted by atomic mass is 16.5. The molecule has 3 rings (SSSR count). The zero-order valence-corrected chi connectivity index (χ0v) is 13.2. The third kappa shape index (κ3) is 3.37. The van der Waals surface area contributed by atoms with E-state index in [4.69, 9.17) is 9.84 Å². The van der Waals surface area contributed by atoms with Crippen LogP contribution in [0.1, 0.15) is 49.3 Å². The molecule has 0 aromatic carbocycles. The molecule has 6 heteroatoms. The maximum Gasteiger partial charge on any atom is 0.218 e. The quantitative estimate of drug-likeness (QED) is 0.920. The Bertz CT molecular complexity index is 619. The van der Waals surface area contributed by atoms with Crippen molar-refractivity contribution in [2.45, 2.75) is 44.6 Å². The van der Waals surface area contributed by atoms with E-state index in [0.29, 0.717) is 11.8 Å². The molecule has 0 aliphatic heterocycles. The predicted molar refractivity (Wildman–Crippen MR) is 84.9 cm³/mol. The molecule has 2 heterocycles. The molecule has 1 aliphatic carbocycles. The zero-order chi connectivity index (χ0) is 15.4. The minimum absolute atomic E-state index is 0.566. The minimum atomic E-state index is 0.566. The van der Waals surface area contributed by atoms with Crippen molar-refractivity contribution in [3.63, 3.8) is 0 Å². The van der Waals surface area contributed by atoms with Crippen molar-refractivity contribution in [3.05, 3.63) is 29.8 Å². The average molecular weight is 301 g/mol. The van der Waals surface area contributed by atoms with Gasteiger partial charge in [0.15, 0.2) is 0 Å². The van der Waals surface area contributed by atoms with Crippen LogP contribution in [0.4, 0.5) is 5.82 Å². The van der Waals surface area contributed by atoms with E-state index in [2.05, 4.69) is 21.5 Å². The number of aromatic nitrogens is 4. The molecule has 0 radical (unpaired) electrons. The summed E-state index contributed by atoms with van der Waals surface area (Å²) in [5.74, 6) is 1.94. The van der Waals surface area contributed by atoms with Crippen molar-refractivity contribution in [1.82, 2.24) is 19.7 Å². The Kier molecular flexibility index (Phi) is 4.56. The lowest BCUT2D eigenvalue weighted by Gasteiger charge is -2.21. The summed E-state index contributed by atoms with van der Waals surface area (Å²) in [6, 6.07) is 1.80. The topological polar surface area (TPSA) is 64.9 Å². The molecule has 1 aliphatic rings. The van der Waals surface area contributed by atoms with Gasteiger partial charge in [-0.3, -0.25) is 4.68 Å². The molecule has 0 amide bonds. The summed E-state index contributed by atoms with van der Waals surface area (Å²) in [5.41, 5.74) is 2.50. The van der Waals surface area contributed by atoms with Crippen LogP contribution in [-0.4, -0.2) is 26.9 Å². The van der Waals surface area contributed by atoms with Gasteiger partial charge < -0.3 is 10.1 Å². The molecule has 22 heavy (non-hydrogen) atoms. The summed E-state index contributed by atoms with van der Waals surface area (Å²) in [4.78, 5) is 8.24. The second-order valence-corrected chi connectivity index (χ2v) is 5.85. The van der Waals surface area contributed by atoms with Crippen molar-refractivity contribution >= 4 is 5.82 Å². The number of ether oxygens (including phenoxy) is 1. The number of nitrogens with zero attached hydrogens (tertiary/aromatic N) is 4. The van der Waals surface area contributed by atoms with E-state index in [1.165, 1.54) is 49.7 Å². The Morgan fingerprint density at radius 2 is 2.09 bits per heavy atom. The Balaban J connectivity index is 1.71. The number of nitrogens with one attached hydrogen (secondary N) is 1. The van der Waals surface area contributed by atoms with Crippen molar-refractivity contribution < 1.29 is 4.74 Å². The molecular formula is C16H23N5O. The highest BCUT2D eigenvalue weighted by molar-refractivity contribution is 5.38. The van der Waals surface area contributed by atoms with Gasteiger partial charge in [0.1, 0.15) is 12.1 Å². The lowest BCUT2D eigenvalue weighted by Crippen LogP contribution is -2.10. The van der Waals surface area contributed by atoms with Gasteiger partial charge in [-0.25, -0.2) is 9.97 Å². The lowest BCUT2D eigenvalue weighted by atomic mass is 9.85. The molecule has 118 valence electrons. The van der Waals surface area contributed by atoms with Crippen LogP contribution in [0.5, 0.6) is 5.88 Å². The first-order valence-electron chi connectivity index (χ1n) is 7.88. The van der Waals surface area contributed by atoms with E-state index < -0.39 is 0 Å². The fraction of sp³-hybridized carbons (Fsp3) is 0.562. The molecule has 1 N–H and O–H groups in total.